The number of methoxy groups -OCH3 is 2. The van der Waals surface area contributed by atoms with Crippen LogP contribution in [0.15, 0.2) is 60.7 Å². The number of phenols is 1. The van der Waals surface area contributed by atoms with Gasteiger partial charge in [0.25, 0.3) is 0 Å². The molecular formula is C21H18O4. The van der Waals surface area contributed by atoms with Gasteiger partial charge in [-0.05, 0) is 53.3 Å². The molecular weight excluding hydrogens is 316 g/mol. The number of fused-ring (bicyclic) bond motifs is 1. The number of allylic oxidation sites excluding steroid dienone is 1. The van der Waals surface area contributed by atoms with E-state index < -0.39 is 0 Å². The van der Waals surface area contributed by atoms with E-state index in [1.165, 1.54) is 6.08 Å². The summed E-state index contributed by atoms with van der Waals surface area (Å²) < 4.78 is 10.5. The van der Waals surface area contributed by atoms with Gasteiger partial charge in [0, 0.05) is 5.56 Å². The van der Waals surface area contributed by atoms with Crippen LogP contribution in [-0.4, -0.2) is 25.1 Å². The van der Waals surface area contributed by atoms with Crippen LogP contribution in [0.1, 0.15) is 15.9 Å². The third-order valence-electron chi connectivity index (χ3n) is 3.98. The lowest BCUT2D eigenvalue weighted by molar-refractivity contribution is 0.104. The van der Waals surface area contributed by atoms with E-state index in [2.05, 4.69) is 0 Å². The molecule has 25 heavy (non-hydrogen) atoms. The molecule has 0 aromatic heterocycles. The lowest BCUT2D eigenvalue weighted by Crippen LogP contribution is -1.96. The Hall–Kier alpha value is -3.27. The number of aromatic hydroxyl groups is 1. The summed E-state index contributed by atoms with van der Waals surface area (Å²) >= 11 is 0. The molecule has 0 radical (unpaired) electrons. The van der Waals surface area contributed by atoms with Crippen molar-refractivity contribution in [3.05, 3.63) is 71.8 Å². The smallest absolute Gasteiger partial charge is 0.189 e. The predicted molar refractivity (Wildman–Crippen MR) is 98.5 cm³/mol. The molecule has 0 amide bonds. The van der Waals surface area contributed by atoms with Gasteiger partial charge in [-0.25, -0.2) is 0 Å². The number of hydrogen-bond acceptors (Lipinski definition) is 4. The van der Waals surface area contributed by atoms with Crippen molar-refractivity contribution in [2.75, 3.05) is 14.2 Å². The average Bonchev–Trinajstić information content (AvgIpc) is 2.65. The third kappa shape index (κ3) is 3.48. The van der Waals surface area contributed by atoms with Gasteiger partial charge < -0.3 is 14.6 Å². The molecule has 0 heterocycles. The molecule has 0 bridgehead atoms. The van der Waals surface area contributed by atoms with Crippen LogP contribution in [0, 0.1) is 0 Å². The fourth-order valence-electron chi connectivity index (χ4n) is 2.65. The number of hydrogen-bond donors (Lipinski definition) is 1. The van der Waals surface area contributed by atoms with Crippen LogP contribution in [0.2, 0.25) is 0 Å². The molecule has 4 nitrogen and oxygen atoms in total. The van der Waals surface area contributed by atoms with E-state index in [4.69, 9.17) is 9.47 Å². The summed E-state index contributed by atoms with van der Waals surface area (Å²) in [5, 5.41) is 11.9. The first-order valence-corrected chi connectivity index (χ1v) is 7.78. The quantitative estimate of drug-likeness (QED) is 0.553. The molecule has 3 aromatic carbocycles. The van der Waals surface area contributed by atoms with Crippen LogP contribution >= 0.6 is 0 Å². The van der Waals surface area contributed by atoms with Crippen molar-refractivity contribution in [3.8, 4) is 17.2 Å². The number of ether oxygens (including phenoxy) is 2. The maximum Gasteiger partial charge on any atom is 0.189 e. The van der Waals surface area contributed by atoms with Crippen molar-refractivity contribution >= 4 is 22.6 Å². The van der Waals surface area contributed by atoms with Crippen molar-refractivity contribution in [1.29, 1.82) is 0 Å². The summed E-state index contributed by atoms with van der Waals surface area (Å²) in [7, 11) is 3.14. The zero-order chi connectivity index (χ0) is 17.8. The van der Waals surface area contributed by atoms with Gasteiger partial charge in [-0.15, -0.1) is 0 Å². The Morgan fingerprint density at radius 2 is 1.68 bits per heavy atom. The molecule has 4 heteroatoms. The number of carbonyl (C=O) groups excluding carboxylic acids is 1. The summed E-state index contributed by atoms with van der Waals surface area (Å²) in [6.07, 6.45) is 3.07. The number of phenolic OH excluding ortho intramolecular Hbond substituents is 1. The van der Waals surface area contributed by atoms with Gasteiger partial charge in [-0.2, -0.15) is 0 Å². The Labute approximate surface area is 145 Å². The number of carbonyl (C=O) groups is 1. The molecule has 0 unspecified atom stereocenters. The van der Waals surface area contributed by atoms with Crippen LogP contribution in [0.3, 0.4) is 0 Å². The van der Waals surface area contributed by atoms with Crippen LogP contribution in [0.5, 0.6) is 17.2 Å². The van der Waals surface area contributed by atoms with E-state index in [1.54, 1.807) is 50.6 Å². The number of rotatable bonds is 5. The van der Waals surface area contributed by atoms with E-state index in [0.29, 0.717) is 11.5 Å². The summed E-state index contributed by atoms with van der Waals surface area (Å²) in [6, 6.07) is 16.2. The Balaban J connectivity index is 1.94. The van der Waals surface area contributed by atoms with Crippen LogP contribution < -0.4 is 9.47 Å². The molecule has 0 spiro atoms. The molecule has 0 aliphatic heterocycles. The van der Waals surface area contributed by atoms with E-state index in [0.717, 1.165) is 16.3 Å². The average molecular weight is 334 g/mol. The first-order valence-electron chi connectivity index (χ1n) is 7.78. The minimum absolute atomic E-state index is 0.0362. The largest absolute Gasteiger partial charge is 0.507 e. The highest BCUT2D eigenvalue weighted by molar-refractivity contribution is 6.10. The summed E-state index contributed by atoms with van der Waals surface area (Å²) in [6.45, 7) is 0. The van der Waals surface area contributed by atoms with Crippen LogP contribution in [0.25, 0.3) is 16.8 Å². The third-order valence-corrected chi connectivity index (χ3v) is 3.98. The van der Waals surface area contributed by atoms with Crippen molar-refractivity contribution in [2.24, 2.45) is 0 Å². The summed E-state index contributed by atoms with van der Waals surface area (Å²) in [4.78, 5) is 12.5. The second-order valence-corrected chi connectivity index (χ2v) is 5.52. The highest BCUT2D eigenvalue weighted by Crippen LogP contribution is 2.28. The predicted octanol–water partition coefficient (Wildman–Crippen LogP) is 4.46. The number of benzene rings is 3. The topological polar surface area (TPSA) is 55.8 Å². The fraction of sp³-hybridized carbons (Fsp3) is 0.0952. The van der Waals surface area contributed by atoms with E-state index in [9.17, 15) is 9.90 Å². The Kier molecular flexibility index (Phi) is 4.70. The zero-order valence-electron chi connectivity index (χ0n) is 14.0. The van der Waals surface area contributed by atoms with E-state index in [-0.39, 0.29) is 17.1 Å². The van der Waals surface area contributed by atoms with Crippen molar-refractivity contribution in [1.82, 2.24) is 0 Å². The summed E-state index contributed by atoms with van der Waals surface area (Å²) in [5.41, 5.74) is 0.979. The molecule has 0 aliphatic rings. The zero-order valence-corrected chi connectivity index (χ0v) is 14.0. The van der Waals surface area contributed by atoms with Gasteiger partial charge in [0.05, 0.1) is 19.8 Å². The van der Waals surface area contributed by atoms with Gasteiger partial charge >= 0.3 is 0 Å². The lowest BCUT2D eigenvalue weighted by Gasteiger charge is -2.07. The molecule has 0 aliphatic carbocycles. The molecule has 126 valence electrons. The van der Waals surface area contributed by atoms with Crippen LogP contribution in [-0.2, 0) is 0 Å². The van der Waals surface area contributed by atoms with Gasteiger partial charge in [0.2, 0.25) is 0 Å². The second kappa shape index (κ2) is 7.09. The van der Waals surface area contributed by atoms with Gasteiger partial charge in [0.1, 0.15) is 17.2 Å². The lowest BCUT2D eigenvalue weighted by atomic mass is 10.0. The molecule has 3 rings (SSSR count). The van der Waals surface area contributed by atoms with E-state index >= 15 is 0 Å². The monoisotopic (exact) mass is 334 g/mol. The fourth-order valence-corrected chi connectivity index (χ4v) is 2.65. The normalized spacial score (nSPS) is 11.0. The Bertz CT molecular complexity index is 957. The standard InChI is InChI=1S/C21H18O4/c1-24-17-8-10-21(25-2)16(11-17)7-9-19(22)18-12-14-5-3-4-6-15(14)13-20(18)23/h3-13,23H,1-2H3/b9-7+. The molecule has 3 aromatic rings. The number of ketones is 1. The van der Waals surface area contributed by atoms with E-state index in [1.807, 2.05) is 24.3 Å². The summed E-state index contributed by atoms with van der Waals surface area (Å²) in [5.74, 6) is 0.980. The molecule has 0 atom stereocenters. The second-order valence-electron chi connectivity index (χ2n) is 5.52. The van der Waals surface area contributed by atoms with Gasteiger partial charge in [0.15, 0.2) is 5.78 Å². The van der Waals surface area contributed by atoms with Crippen LogP contribution in [0.4, 0.5) is 0 Å². The minimum atomic E-state index is -0.284. The SMILES string of the molecule is COc1ccc(OC)c(/C=C/C(=O)c2cc3ccccc3cc2O)c1. The first kappa shape index (κ1) is 16.6. The molecule has 0 fully saturated rings. The highest BCUT2D eigenvalue weighted by Gasteiger charge is 2.10. The van der Waals surface area contributed by atoms with Gasteiger partial charge in [-0.3, -0.25) is 4.79 Å². The van der Waals surface area contributed by atoms with Crippen molar-refractivity contribution in [2.45, 2.75) is 0 Å². The highest BCUT2D eigenvalue weighted by atomic mass is 16.5. The maximum absolute atomic E-state index is 12.5. The minimum Gasteiger partial charge on any atom is -0.507 e. The first-order chi connectivity index (χ1) is 12.1. The Morgan fingerprint density at radius 1 is 0.960 bits per heavy atom. The Morgan fingerprint density at radius 3 is 2.36 bits per heavy atom. The van der Waals surface area contributed by atoms with Crippen molar-refractivity contribution in [3.63, 3.8) is 0 Å². The molecule has 0 saturated carbocycles. The molecule has 0 saturated heterocycles. The van der Waals surface area contributed by atoms with Gasteiger partial charge in [-0.1, -0.05) is 24.3 Å². The van der Waals surface area contributed by atoms with Crippen molar-refractivity contribution < 1.29 is 19.4 Å². The molecule has 1 N–H and O–H groups in total. The maximum atomic E-state index is 12.5.